The average molecular weight is 342 g/mol. The predicted molar refractivity (Wildman–Crippen MR) is 115 cm³/mol. The van der Waals surface area contributed by atoms with Crippen LogP contribution in [0.5, 0.6) is 0 Å². The fraction of sp³-hybridized carbons (Fsp3) is 0.500. The highest BCUT2D eigenvalue weighted by Crippen LogP contribution is 2.26. The van der Waals surface area contributed by atoms with Crippen LogP contribution < -0.4 is 5.32 Å². The van der Waals surface area contributed by atoms with Crippen LogP contribution in [0.2, 0.25) is 0 Å². The van der Waals surface area contributed by atoms with E-state index in [1.165, 1.54) is 22.3 Å². The van der Waals surface area contributed by atoms with Crippen molar-refractivity contribution in [2.75, 3.05) is 0 Å². The molecule has 0 aromatic heterocycles. The van der Waals surface area contributed by atoms with Crippen LogP contribution >= 0.6 is 0 Å². The standard InChI is InChI=1S/C24H39N/c1-9-15-23(18-21(7)24(12-4)19(5)10-2)20(6)16-13-14-17-25-22(8)11-3/h9,14,17-18,20,25H,1,5,8,10-13,15-16H2,2-4,6-7H3/b17-14+,23-18+,24-21+. The summed E-state index contributed by atoms with van der Waals surface area (Å²) >= 11 is 0. The molecule has 0 aliphatic heterocycles. The first kappa shape index (κ1) is 23.2. The zero-order valence-electron chi connectivity index (χ0n) is 17.3. The molecule has 1 N–H and O–H groups in total. The number of allylic oxidation sites excluding steroid dienone is 8. The average Bonchev–Trinajstić information content (AvgIpc) is 2.60. The number of hydrogen-bond acceptors (Lipinski definition) is 1. The van der Waals surface area contributed by atoms with Gasteiger partial charge in [0.1, 0.15) is 0 Å². The summed E-state index contributed by atoms with van der Waals surface area (Å²) in [7, 11) is 0. The number of nitrogens with one attached hydrogen (secondary N) is 1. The SMILES string of the molecule is C=CC/C(=C\C(C)=C(/CC)C(=C)CC)C(C)CC/C=C/NC(=C)CC. The minimum absolute atomic E-state index is 0.542. The van der Waals surface area contributed by atoms with E-state index in [1.54, 1.807) is 0 Å². The van der Waals surface area contributed by atoms with Gasteiger partial charge in [-0.3, -0.25) is 0 Å². The van der Waals surface area contributed by atoms with Gasteiger partial charge in [0.15, 0.2) is 0 Å². The summed E-state index contributed by atoms with van der Waals surface area (Å²) in [5.74, 6) is 0.542. The van der Waals surface area contributed by atoms with Gasteiger partial charge in [-0.2, -0.15) is 0 Å². The second-order valence-corrected chi connectivity index (χ2v) is 6.67. The fourth-order valence-electron chi connectivity index (χ4n) is 2.85. The lowest BCUT2D eigenvalue weighted by Crippen LogP contribution is -2.02. The van der Waals surface area contributed by atoms with Crippen LogP contribution in [0, 0.1) is 5.92 Å². The Kier molecular flexibility index (Phi) is 12.6. The lowest BCUT2D eigenvalue weighted by atomic mass is 9.89. The predicted octanol–water partition coefficient (Wildman–Crippen LogP) is 7.62. The van der Waals surface area contributed by atoms with Gasteiger partial charge in [0.2, 0.25) is 0 Å². The summed E-state index contributed by atoms with van der Waals surface area (Å²) in [6, 6.07) is 0. The van der Waals surface area contributed by atoms with E-state index in [4.69, 9.17) is 0 Å². The molecule has 0 heterocycles. The van der Waals surface area contributed by atoms with E-state index in [0.29, 0.717) is 5.92 Å². The summed E-state index contributed by atoms with van der Waals surface area (Å²) in [5.41, 5.74) is 6.53. The van der Waals surface area contributed by atoms with E-state index in [9.17, 15) is 0 Å². The topological polar surface area (TPSA) is 12.0 Å². The van der Waals surface area contributed by atoms with Crippen molar-refractivity contribution in [3.8, 4) is 0 Å². The minimum Gasteiger partial charge on any atom is -0.366 e. The molecule has 0 spiro atoms. The molecule has 0 bridgehead atoms. The van der Waals surface area contributed by atoms with Gasteiger partial charge in [0.05, 0.1) is 0 Å². The van der Waals surface area contributed by atoms with Crippen molar-refractivity contribution in [2.45, 2.75) is 73.1 Å². The molecule has 0 saturated carbocycles. The number of hydrogen-bond donors (Lipinski definition) is 1. The molecule has 0 saturated heterocycles. The Labute approximate surface area is 157 Å². The molecule has 0 aliphatic rings. The third-order valence-electron chi connectivity index (χ3n) is 4.70. The van der Waals surface area contributed by atoms with Gasteiger partial charge in [-0.05, 0) is 68.7 Å². The monoisotopic (exact) mass is 341 g/mol. The summed E-state index contributed by atoms with van der Waals surface area (Å²) in [4.78, 5) is 0. The van der Waals surface area contributed by atoms with Crippen LogP contribution in [0.1, 0.15) is 73.1 Å². The maximum absolute atomic E-state index is 4.22. The highest BCUT2D eigenvalue weighted by molar-refractivity contribution is 5.39. The van der Waals surface area contributed by atoms with Crippen LogP contribution in [0.4, 0.5) is 0 Å². The summed E-state index contributed by atoms with van der Waals surface area (Å²) in [6.07, 6.45) is 14.8. The van der Waals surface area contributed by atoms with Crippen molar-refractivity contribution >= 4 is 0 Å². The van der Waals surface area contributed by atoms with E-state index in [1.807, 2.05) is 12.3 Å². The molecule has 0 aromatic rings. The zero-order valence-corrected chi connectivity index (χ0v) is 17.3. The Hall–Kier alpha value is -1.76. The molecule has 1 nitrogen and oxygen atoms in total. The van der Waals surface area contributed by atoms with Crippen LogP contribution in [0.15, 0.2) is 72.2 Å². The largest absolute Gasteiger partial charge is 0.366 e. The first-order valence-corrected chi connectivity index (χ1v) is 9.69. The highest BCUT2D eigenvalue weighted by atomic mass is 14.8. The second-order valence-electron chi connectivity index (χ2n) is 6.67. The Morgan fingerprint density at radius 1 is 1.08 bits per heavy atom. The van der Waals surface area contributed by atoms with Crippen LogP contribution in [0.3, 0.4) is 0 Å². The van der Waals surface area contributed by atoms with Gasteiger partial charge in [0, 0.05) is 5.70 Å². The Balaban J connectivity index is 5.01. The first-order valence-electron chi connectivity index (χ1n) is 9.69. The zero-order chi connectivity index (χ0) is 19.2. The molecule has 1 atom stereocenters. The van der Waals surface area contributed by atoms with E-state index in [-0.39, 0.29) is 0 Å². The van der Waals surface area contributed by atoms with Crippen LogP contribution in [-0.4, -0.2) is 0 Å². The van der Waals surface area contributed by atoms with Crippen molar-refractivity contribution in [1.82, 2.24) is 5.32 Å². The Morgan fingerprint density at radius 3 is 2.28 bits per heavy atom. The van der Waals surface area contributed by atoms with Gasteiger partial charge < -0.3 is 5.32 Å². The minimum atomic E-state index is 0.542. The molecule has 0 aromatic carbocycles. The molecule has 0 rings (SSSR count). The molecular weight excluding hydrogens is 302 g/mol. The molecule has 25 heavy (non-hydrogen) atoms. The summed E-state index contributed by atoms with van der Waals surface area (Å²) in [6.45, 7) is 23.1. The van der Waals surface area contributed by atoms with E-state index >= 15 is 0 Å². The van der Waals surface area contributed by atoms with Gasteiger partial charge in [-0.15, -0.1) is 6.58 Å². The van der Waals surface area contributed by atoms with E-state index in [0.717, 1.165) is 44.2 Å². The van der Waals surface area contributed by atoms with Crippen molar-refractivity contribution in [1.29, 1.82) is 0 Å². The third-order valence-corrected chi connectivity index (χ3v) is 4.70. The summed E-state index contributed by atoms with van der Waals surface area (Å²) in [5, 5.41) is 3.21. The Bertz CT molecular complexity index is 528. The van der Waals surface area contributed by atoms with Gasteiger partial charge in [-0.25, -0.2) is 0 Å². The molecule has 0 aliphatic carbocycles. The van der Waals surface area contributed by atoms with Gasteiger partial charge in [0.25, 0.3) is 0 Å². The van der Waals surface area contributed by atoms with Crippen molar-refractivity contribution < 1.29 is 0 Å². The van der Waals surface area contributed by atoms with Crippen molar-refractivity contribution in [3.63, 3.8) is 0 Å². The van der Waals surface area contributed by atoms with E-state index in [2.05, 4.69) is 71.8 Å². The van der Waals surface area contributed by atoms with Crippen LogP contribution in [-0.2, 0) is 0 Å². The number of rotatable bonds is 13. The first-order chi connectivity index (χ1) is 11.9. The van der Waals surface area contributed by atoms with Crippen LogP contribution in [0.25, 0.3) is 0 Å². The molecular formula is C24H39N. The molecule has 0 fully saturated rings. The normalized spacial score (nSPS) is 14.2. The van der Waals surface area contributed by atoms with Crippen molar-refractivity contribution in [2.24, 2.45) is 5.92 Å². The molecule has 140 valence electrons. The van der Waals surface area contributed by atoms with Gasteiger partial charge >= 0.3 is 0 Å². The Morgan fingerprint density at radius 2 is 1.76 bits per heavy atom. The maximum atomic E-state index is 4.22. The molecule has 1 unspecified atom stereocenters. The van der Waals surface area contributed by atoms with Crippen molar-refractivity contribution in [3.05, 3.63) is 72.2 Å². The lowest BCUT2D eigenvalue weighted by molar-refractivity contribution is 0.609. The van der Waals surface area contributed by atoms with Gasteiger partial charge in [-0.1, -0.05) is 70.2 Å². The fourth-order valence-corrected chi connectivity index (χ4v) is 2.85. The smallest absolute Gasteiger partial charge is 0.00705 e. The second kappa shape index (κ2) is 13.5. The van der Waals surface area contributed by atoms with E-state index < -0.39 is 0 Å². The maximum Gasteiger partial charge on any atom is 0.00705 e. The lowest BCUT2D eigenvalue weighted by Gasteiger charge is -2.16. The molecule has 0 amide bonds. The molecule has 1 heteroatoms. The molecule has 0 radical (unpaired) electrons. The third kappa shape index (κ3) is 9.34. The highest BCUT2D eigenvalue weighted by Gasteiger charge is 2.09. The quantitative estimate of drug-likeness (QED) is 0.268. The summed E-state index contributed by atoms with van der Waals surface area (Å²) < 4.78 is 0.